The van der Waals surface area contributed by atoms with Crippen LogP contribution in [0.4, 0.5) is 0 Å². The Balaban J connectivity index is 1.78. The molecule has 0 unspecified atom stereocenters. The van der Waals surface area contributed by atoms with Crippen LogP contribution in [-0.4, -0.2) is 51.6 Å². The van der Waals surface area contributed by atoms with Gasteiger partial charge < -0.3 is 15.2 Å². The maximum absolute atomic E-state index is 12.7. The van der Waals surface area contributed by atoms with Gasteiger partial charge in [-0.1, -0.05) is 0 Å². The van der Waals surface area contributed by atoms with Crippen LogP contribution in [0.5, 0.6) is 0 Å². The zero-order valence-corrected chi connectivity index (χ0v) is 13.0. The average Bonchev–Trinajstić information content (AvgIpc) is 3.24. The number of hydrogen-bond donors (Lipinski definition) is 2. The van der Waals surface area contributed by atoms with Crippen molar-refractivity contribution in [3.05, 3.63) is 33.9 Å². The Morgan fingerprint density at radius 2 is 1.96 bits per heavy atom. The summed E-state index contributed by atoms with van der Waals surface area (Å²) < 4.78 is 1.75. The van der Waals surface area contributed by atoms with E-state index in [0.717, 1.165) is 57.6 Å². The number of nitrogens with zero attached hydrogens (tertiary/aromatic N) is 3. The standard InChI is InChI=1S/C16H21N5O2/c22-14-9-13(11-3-5-17-6-4-11)21-15(19-14)12(10-18-21)16(23)20-7-1-2-8-20/h9-11,17H,1-8H2,(H,19,22). The fraction of sp³-hybridized carbons (Fsp3) is 0.562. The summed E-state index contributed by atoms with van der Waals surface area (Å²) in [7, 11) is 0. The second-order valence-corrected chi connectivity index (χ2v) is 6.40. The van der Waals surface area contributed by atoms with Gasteiger partial charge in [0, 0.05) is 25.1 Å². The monoisotopic (exact) mass is 315 g/mol. The number of hydrogen-bond acceptors (Lipinski definition) is 4. The lowest BCUT2D eigenvalue weighted by Crippen LogP contribution is -2.29. The third-order valence-electron chi connectivity index (χ3n) is 4.92. The molecule has 0 aliphatic carbocycles. The molecule has 7 nitrogen and oxygen atoms in total. The van der Waals surface area contributed by atoms with E-state index in [1.54, 1.807) is 16.8 Å². The van der Waals surface area contributed by atoms with Crippen LogP contribution in [0.2, 0.25) is 0 Å². The SMILES string of the molecule is O=C(c1cnn2c(C3CCNCC3)cc(=O)[nH]c12)N1CCCC1. The van der Waals surface area contributed by atoms with Gasteiger partial charge in [-0.15, -0.1) is 0 Å². The third kappa shape index (κ3) is 2.55. The topological polar surface area (TPSA) is 82.5 Å². The van der Waals surface area contributed by atoms with Gasteiger partial charge in [0.1, 0.15) is 11.2 Å². The second kappa shape index (κ2) is 5.81. The lowest BCUT2D eigenvalue weighted by Gasteiger charge is -2.23. The maximum atomic E-state index is 12.7. The molecule has 2 saturated heterocycles. The van der Waals surface area contributed by atoms with Crippen LogP contribution in [0.15, 0.2) is 17.1 Å². The molecular weight excluding hydrogens is 294 g/mol. The van der Waals surface area contributed by atoms with Crippen molar-refractivity contribution in [2.45, 2.75) is 31.6 Å². The molecule has 0 saturated carbocycles. The second-order valence-electron chi connectivity index (χ2n) is 6.40. The van der Waals surface area contributed by atoms with E-state index in [-0.39, 0.29) is 11.5 Å². The van der Waals surface area contributed by atoms with Crippen LogP contribution in [0.3, 0.4) is 0 Å². The normalized spacial score (nSPS) is 19.6. The number of H-pyrrole nitrogens is 1. The number of fused-ring (bicyclic) bond motifs is 1. The van der Waals surface area contributed by atoms with Crippen LogP contribution < -0.4 is 10.9 Å². The number of likely N-dealkylation sites (tertiary alicyclic amines) is 1. The molecule has 2 aromatic heterocycles. The van der Waals surface area contributed by atoms with Crippen molar-refractivity contribution in [1.82, 2.24) is 24.8 Å². The predicted molar refractivity (Wildman–Crippen MR) is 85.8 cm³/mol. The maximum Gasteiger partial charge on any atom is 0.259 e. The number of amides is 1. The van der Waals surface area contributed by atoms with E-state index in [1.807, 2.05) is 4.90 Å². The summed E-state index contributed by atoms with van der Waals surface area (Å²) in [6, 6.07) is 1.63. The van der Waals surface area contributed by atoms with Crippen LogP contribution >= 0.6 is 0 Å². The number of aromatic nitrogens is 3. The highest BCUT2D eigenvalue weighted by molar-refractivity contribution is 5.99. The molecule has 2 aromatic rings. The van der Waals surface area contributed by atoms with Gasteiger partial charge in [0.25, 0.3) is 11.5 Å². The van der Waals surface area contributed by atoms with E-state index in [1.165, 1.54) is 0 Å². The van der Waals surface area contributed by atoms with Gasteiger partial charge in [-0.2, -0.15) is 5.10 Å². The predicted octanol–water partition coefficient (Wildman–Crippen LogP) is 0.726. The van der Waals surface area contributed by atoms with Crippen LogP contribution in [0.1, 0.15) is 47.7 Å². The van der Waals surface area contributed by atoms with E-state index in [4.69, 9.17) is 0 Å². The minimum absolute atomic E-state index is 0.0318. The van der Waals surface area contributed by atoms with E-state index in [2.05, 4.69) is 15.4 Å². The quantitative estimate of drug-likeness (QED) is 0.856. The lowest BCUT2D eigenvalue weighted by molar-refractivity contribution is 0.0794. The number of carbonyl (C=O) groups is 1. The summed E-state index contributed by atoms with van der Waals surface area (Å²) in [4.78, 5) is 29.4. The smallest absolute Gasteiger partial charge is 0.259 e. The number of rotatable bonds is 2. The molecule has 7 heteroatoms. The van der Waals surface area contributed by atoms with Crippen LogP contribution in [-0.2, 0) is 0 Å². The molecule has 4 heterocycles. The molecule has 2 aliphatic rings. The summed E-state index contributed by atoms with van der Waals surface area (Å²) in [5.41, 5.74) is 1.77. The molecule has 0 radical (unpaired) electrons. The highest BCUT2D eigenvalue weighted by atomic mass is 16.2. The van der Waals surface area contributed by atoms with Crippen molar-refractivity contribution in [1.29, 1.82) is 0 Å². The fourth-order valence-electron chi connectivity index (χ4n) is 3.67. The summed E-state index contributed by atoms with van der Waals surface area (Å²) >= 11 is 0. The number of carbonyl (C=O) groups excluding carboxylic acids is 1. The summed E-state index contributed by atoms with van der Waals surface area (Å²) in [5, 5.41) is 7.74. The first-order valence-electron chi connectivity index (χ1n) is 8.35. The van der Waals surface area contributed by atoms with Crippen molar-refractivity contribution in [3.63, 3.8) is 0 Å². The average molecular weight is 315 g/mol. The molecule has 2 aliphatic heterocycles. The molecule has 4 rings (SSSR count). The summed E-state index contributed by atoms with van der Waals surface area (Å²) in [5.74, 6) is 0.270. The van der Waals surface area contributed by atoms with E-state index >= 15 is 0 Å². The van der Waals surface area contributed by atoms with Gasteiger partial charge in [0.05, 0.1) is 11.9 Å². The molecule has 0 spiro atoms. The lowest BCUT2D eigenvalue weighted by atomic mass is 9.94. The number of piperidine rings is 1. The summed E-state index contributed by atoms with van der Waals surface area (Å²) in [6.45, 7) is 3.46. The Morgan fingerprint density at radius 3 is 2.70 bits per heavy atom. The van der Waals surface area contributed by atoms with Crippen LogP contribution in [0.25, 0.3) is 5.65 Å². The third-order valence-corrected chi connectivity index (χ3v) is 4.92. The summed E-state index contributed by atoms with van der Waals surface area (Å²) in [6.07, 6.45) is 5.64. The highest BCUT2D eigenvalue weighted by Gasteiger charge is 2.25. The molecule has 0 atom stereocenters. The minimum Gasteiger partial charge on any atom is -0.338 e. The van der Waals surface area contributed by atoms with E-state index < -0.39 is 0 Å². The molecule has 2 fully saturated rings. The van der Waals surface area contributed by atoms with Crippen molar-refractivity contribution in [2.75, 3.05) is 26.2 Å². The zero-order chi connectivity index (χ0) is 15.8. The van der Waals surface area contributed by atoms with Crippen molar-refractivity contribution in [2.24, 2.45) is 0 Å². The minimum atomic E-state index is -0.165. The molecule has 2 N–H and O–H groups in total. The van der Waals surface area contributed by atoms with Crippen molar-refractivity contribution < 1.29 is 4.79 Å². The van der Waals surface area contributed by atoms with Gasteiger partial charge in [-0.3, -0.25) is 9.59 Å². The molecule has 0 bridgehead atoms. The Morgan fingerprint density at radius 1 is 1.22 bits per heavy atom. The Bertz CT molecular complexity index is 781. The molecular formula is C16H21N5O2. The number of aromatic amines is 1. The first kappa shape index (κ1) is 14.4. The fourth-order valence-corrected chi connectivity index (χ4v) is 3.67. The van der Waals surface area contributed by atoms with Gasteiger partial charge in [0.2, 0.25) is 0 Å². The van der Waals surface area contributed by atoms with Gasteiger partial charge in [-0.05, 0) is 38.8 Å². The van der Waals surface area contributed by atoms with E-state index in [9.17, 15) is 9.59 Å². The Kier molecular flexibility index (Phi) is 3.65. The number of nitrogens with one attached hydrogen (secondary N) is 2. The van der Waals surface area contributed by atoms with Gasteiger partial charge in [0.15, 0.2) is 0 Å². The first-order chi connectivity index (χ1) is 11.2. The van der Waals surface area contributed by atoms with Crippen molar-refractivity contribution >= 4 is 11.6 Å². The van der Waals surface area contributed by atoms with Gasteiger partial charge >= 0.3 is 0 Å². The van der Waals surface area contributed by atoms with Crippen molar-refractivity contribution in [3.8, 4) is 0 Å². The van der Waals surface area contributed by atoms with Gasteiger partial charge in [-0.25, -0.2) is 4.52 Å². The first-order valence-corrected chi connectivity index (χ1v) is 8.35. The molecule has 122 valence electrons. The molecule has 23 heavy (non-hydrogen) atoms. The zero-order valence-electron chi connectivity index (χ0n) is 13.0. The van der Waals surface area contributed by atoms with Crippen LogP contribution in [0, 0.1) is 0 Å². The molecule has 1 amide bonds. The van der Waals surface area contributed by atoms with E-state index in [0.29, 0.717) is 17.1 Å². The largest absolute Gasteiger partial charge is 0.338 e. The highest BCUT2D eigenvalue weighted by Crippen LogP contribution is 2.25. The Hall–Kier alpha value is -2.15. The molecule has 0 aromatic carbocycles. The Labute approximate surface area is 133 Å².